The molecule has 0 fully saturated rings. The molecule has 0 N–H and O–H groups in total. The van der Waals surface area contributed by atoms with Gasteiger partial charge in [-0.05, 0) is 50.0 Å². The molecule has 2 aromatic rings. The SMILES string of the molecule is CC(=O)OC1=CCCN(S(=O)(=O)c2ccc(C)cc2)C1CCc1ccccc1. The van der Waals surface area contributed by atoms with Crippen molar-refractivity contribution in [3.05, 3.63) is 77.6 Å². The van der Waals surface area contributed by atoms with Crippen LogP contribution in [0.3, 0.4) is 0 Å². The van der Waals surface area contributed by atoms with Gasteiger partial charge in [-0.3, -0.25) is 4.79 Å². The maximum Gasteiger partial charge on any atom is 0.307 e. The van der Waals surface area contributed by atoms with E-state index in [1.807, 2.05) is 43.3 Å². The van der Waals surface area contributed by atoms with Crippen LogP contribution < -0.4 is 0 Å². The molecule has 0 radical (unpaired) electrons. The molecule has 1 aliphatic heterocycles. The van der Waals surface area contributed by atoms with Gasteiger partial charge in [-0.15, -0.1) is 0 Å². The van der Waals surface area contributed by atoms with E-state index in [1.54, 1.807) is 24.3 Å². The number of esters is 1. The second-order valence-corrected chi connectivity index (χ2v) is 8.85. The second-order valence-electron chi connectivity index (χ2n) is 6.96. The number of ether oxygens (including phenoxy) is 1. The minimum Gasteiger partial charge on any atom is -0.430 e. The molecule has 0 aliphatic carbocycles. The van der Waals surface area contributed by atoms with Crippen LogP contribution in [0.5, 0.6) is 0 Å². The van der Waals surface area contributed by atoms with Gasteiger partial charge in [-0.25, -0.2) is 8.42 Å². The first-order valence-electron chi connectivity index (χ1n) is 9.39. The topological polar surface area (TPSA) is 63.7 Å². The highest BCUT2D eigenvalue weighted by Crippen LogP contribution is 2.29. The highest BCUT2D eigenvalue weighted by atomic mass is 32.2. The third-order valence-electron chi connectivity index (χ3n) is 4.81. The van der Waals surface area contributed by atoms with Crippen LogP contribution in [-0.4, -0.2) is 31.3 Å². The van der Waals surface area contributed by atoms with Gasteiger partial charge in [0.25, 0.3) is 0 Å². The fourth-order valence-corrected chi connectivity index (χ4v) is 5.05. The van der Waals surface area contributed by atoms with Crippen LogP contribution in [0.25, 0.3) is 0 Å². The minimum absolute atomic E-state index is 0.256. The van der Waals surface area contributed by atoms with Gasteiger partial charge in [0.15, 0.2) is 0 Å². The lowest BCUT2D eigenvalue weighted by atomic mass is 10.0. The predicted octanol–water partition coefficient (Wildman–Crippen LogP) is 3.84. The smallest absolute Gasteiger partial charge is 0.307 e. The monoisotopic (exact) mass is 399 g/mol. The van der Waals surface area contributed by atoms with Crippen molar-refractivity contribution in [2.24, 2.45) is 0 Å². The molecule has 1 aliphatic rings. The van der Waals surface area contributed by atoms with Crippen LogP contribution in [0.1, 0.15) is 30.9 Å². The molecule has 2 aromatic carbocycles. The quantitative estimate of drug-likeness (QED) is 0.693. The van der Waals surface area contributed by atoms with Crippen LogP contribution in [0.2, 0.25) is 0 Å². The van der Waals surface area contributed by atoms with Gasteiger partial charge in [0, 0.05) is 13.5 Å². The predicted molar refractivity (Wildman–Crippen MR) is 108 cm³/mol. The van der Waals surface area contributed by atoms with E-state index in [4.69, 9.17) is 4.74 Å². The Morgan fingerprint density at radius 1 is 1.11 bits per heavy atom. The van der Waals surface area contributed by atoms with Gasteiger partial charge in [-0.2, -0.15) is 4.31 Å². The Bertz CT molecular complexity index is 950. The Morgan fingerprint density at radius 3 is 2.43 bits per heavy atom. The minimum atomic E-state index is -3.70. The van der Waals surface area contributed by atoms with E-state index in [0.717, 1.165) is 11.1 Å². The van der Waals surface area contributed by atoms with E-state index in [1.165, 1.54) is 11.2 Å². The van der Waals surface area contributed by atoms with Crippen molar-refractivity contribution >= 4 is 16.0 Å². The van der Waals surface area contributed by atoms with Crippen molar-refractivity contribution in [1.29, 1.82) is 0 Å². The Morgan fingerprint density at radius 2 is 1.79 bits per heavy atom. The number of benzene rings is 2. The van der Waals surface area contributed by atoms with Crippen LogP contribution in [0.15, 0.2) is 71.3 Å². The standard InChI is InChI=1S/C22H25NO4S/c1-17-10-13-20(14-11-17)28(25,26)23-16-6-9-22(27-18(2)24)21(23)15-12-19-7-4-3-5-8-19/h3-5,7-11,13-14,21H,6,12,15-16H2,1-2H3. The summed E-state index contributed by atoms with van der Waals surface area (Å²) in [4.78, 5) is 11.8. The summed E-state index contributed by atoms with van der Waals surface area (Å²) in [6.07, 6.45) is 3.56. The van der Waals surface area contributed by atoms with Crippen LogP contribution in [-0.2, 0) is 26.0 Å². The van der Waals surface area contributed by atoms with E-state index in [0.29, 0.717) is 31.6 Å². The molecule has 0 bridgehead atoms. The van der Waals surface area contributed by atoms with E-state index in [-0.39, 0.29) is 4.90 Å². The van der Waals surface area contributed by atoms with Crippen LogP contribution in [0, 0.1) is 6.92 Å². The van der Waals surface area contributed by atoms with Crippen molar-refractivity contribution in [2.45, 2.75) is 44.0 Å². The van der Waals surface area contributed by atoms with Gasteiger partial charge < -0.3 is 4.74 Å². The molecule has 28 heavy (non-hydrogen) atoms. The molecule has 6 heteroatoms. The molecule has 0 amide bonds. The van der Waals surface area contributed by atoms with Gasteiger partial charge in [0.1, 0.15) is 5.76 Å². The van der Waals surface area contributed by atoms with Gasteiger partial charge in [-0.1, -0.05) is 48.0 Å². The highest BCUT2D eigenvalue weighted by molar-refractivity contribution is 7.89. The molecule has 3 rings (SSSR count). The molecule has 0 spiro atoms. The van der Waals surface area contributed by atoms with Gasteiger partial charge in [0.05, 0.1) is 10.9 Å². The maximum absolute atomic E-state index is 13.3. The molecule has 1 atom stereocenters. The molecular weight excluding hydrogens is 374 g/mol. The number of rotatable bonds is 6. The molecule has 148 valence electrons. The number of hydrogen-bond acceptors (Lipinski definition) is 4. The van der Waals surface area contributed by atoms with E-state index >= 15 is 0 Å². The number of aryl methyl sites for hydroxylation is 2. The summed E-state index contributed by atoms with van der Waals surface area (Å²) in [5, 5.41) is 0. The maximum atomic E-state index is 13.3. The van der Waals surface area contributed by atoms with Gasteiger partial charge in [0.2, 0.25) is 10.0 Å². The molecule has 0 aromatic heterocycles. The fraction of sp³-hybridized carbons (Fsp3) is 0.318. The molecule has 5 nitrogen and oxygen atoms in total. The lowest BCUT2D eigenvalue weighted by Gasteiger charge is -2.34. The Hall–Kier alpha value is -2.44. The average Bonchev–Trinajstić information content (AvgIpc) is 2.67. The molecule has 1 unspecified atom stereocenters. The molecule has 1 heterocycles. The summed E-state index contributed by atoms with van der Waals surface area (Å²) in [5.41, 5.74) is 2.11. The Kier molecular flexibility index (Phi) is 6.31. The van der Waals surface area contributed by atoms with E-state index in [2.05, 4.69) is 0 Å². The first kappa shape index (κ1) is 20.3. The van der Waals surface area contributed by atoms with Crippen molar-refractivity contribution in [3.8, 4) is 0 Å². The summed E-state index contributed by atoms with van der Waals surface area (Å²) in [7, 11) is -3.70. The number of nitrogens with zero attached hydrogens (tertiary/aromatic N) is 1. The lowest BCUT2D eigenvalue weighted by molar-refractivity contribution is -0.137. The average molecular weight is 400 g/mol. The third-order valence-corrected chi connectivity index (χ3v) is 6.73. The van der Waals surface area contributed by atoms with Crippen molar-refractivity contribution in [3.63, 3.8) is 0 Å². The number of hydrogen-bond donors (Lipinski definition) is 0. The van der Waals surface area contributed by atoms with Crippen LogP contribution >= 0.6 is 0 Å². The first-order valence-corrected chi connectivity index (χ1v) is 10.8. The number of carbonyl (C=O) groups is 1. The van der Waals surface area contributed by atoms with E-state index < -0.39 is 22.0 Å². The Balaban J connectivity index is 1.91. The van der Waals surface area contributed by atoms with E-state index in [9.17, 15) is 13.2 Å². The van der Waals surface area contributed by atoms with Crippen molar-refractivity contribution < 1.29 is 17.9 Å². The zero-order valence-electron chi connectivity index (χ0n) is 16.2. The summed E-state index contributed by atoms with van der Waals surface area (Å²) in [5.74, 6) is -0.0177. The first-order chi connectivity index (χ1) is 13.4. The summed E-state index contributed by atoms with van der Waals surface area (Å²) in [6, 6.07) is 16.2. The van der Waals surface area contributed by atoms with Crippen LogP contribution in [0.4, 0.5) is 0 Å². The lowest BCUT2D eigenvalue weighted by Crippen LogP contribution is -2.45. The molecule has 0 saturated carbocycles. The number of carbonyl (C=O) groups excluding carboxylic acids is 1. The normalized spacial score (nSPS) is 17.8. The molecular formula is C22H25NO4S. The fourth-order valence-electron chi connectivity index (χ4n) is 3.41. The Labute approximate surface area is 166 Å². The molecule has 0 saturated heterocycles. The highest BCUT2D eigenvalue weighted by Gasteiger charge is 2.36. The van der Waals surface area contributed by atoms with Crippen molar-refractivity contribution in [1.82, 2.24) is 4.31 Å². The zero-order chi connectivity index (χ0) is 20.1. The number of sulfonamides is 1. The van der Waals surface area contributed by atoms with Gasteiger partial charge >= 0.3 is 5.97 Å². The summed E-state index contributed by atoms with van der Waals surface area (Å²) < 4.78 is 33.5. The third kappa shape index (κ3) is 4.69. The summed E-state index contributed by atoms with van der Waals surface area (Å²) in [6.45, 7) is 3.62. The zero-order valence-corrected chi connectivity index (χ0v) is 17.0. The van der Waals surface area contributed by atoms with Crippen molar-refractivity contribution in [2.75, 3.05) is 6.54 Å². The second kappa shape index (κ2) is 8.71. The summed E-state index contributed by atoms with van der Waals surface area (Å²) >= 11 is 0. The largest absolute Gasteiger partial charge is 0.430 e.